The van der Waals surface area contributed by atoms with Crippen molar-refractivity contribution in [3.8, 4) is 5.75 Å². The van der Waals surface area contributed by atoms with Crippen LogP contribution in [0.4, 0.5) is 0 Å². The molecule has 0 saturated carbocycles. The molecule has 0 aromatic heterocycles. The van der Waals surface area contributed by atoms with Crippen LogP contribution in [0.5, 0.6) is 5.75 Å². The molecule has 0 unspecified atom stereocenters. The quantitative estimate of drug-likeness (QED) is 0.856. The van der Waals surface area contributed by atoms with E-state index in [9.17, 15) is 5.11 Å². The zero-order chi connectivity index (χ0) is 9.68. The van der Waals surface area contributed by atoms with Crippen LogP contribution in [0, 0.1) is 0 Å². The summed E-state index contributed by atoms with van der Waals surface area (Å²) in [6.07, 6.45) is 4.44. The van der Waals surface area contributed by atoms with Crippen molar-refractivity contribution in [3.05, 3.63) is 34.3 Å². The summed E-state index contributed by atoms with van der Waals surface area (Å²) < 4.78 is 0.679. The van der Waals surface area contributed by atoms with Crippen molar-refractivity contribution in [1.29, 1.82) is 0 Å². The number of phenols is 1. The molecular formula is C10H11BrO2. The van der Waals surface area contributed by atoms with Gasteiger partial charge in [-0.15, -0.1) is 0 Å². The van der Waals surface area contributed by atoms with E-state index < -0.39 is 0 Å². The number of benzene rings is 1. The maximum Gasteiger partial charge on any atom is 0.129 e. The normalized spacial score (nSPS) is 10.9. The first-order valence-electron chi connectivity index (χ1n) is 4.00. The molecule has 0 spiro atoms. The third kappa shape index (κ3) is 3.20. The number of hydrogen-bond acceptors (Lipinski definition) is 2. The van der Waals surface area contributed by atoms with Gasteiger partial charge in [-0.05, 0) is 40.0 Å². The third-order valence-electron chi connectivity index (χ3n) is 1.58. The van der Waals surface area contributed by atoms with Gasteiger partial charge >= 0.3 is 0 Å². The lowest BCUT2D eigenvalue weighted by atomic mass is 10.2. The van der Waals surface area contributed by atoms with E-state index >= 15 is 0 Å². The van der Waals surface area contributed by atoms with Crippen molar-refractivity contribution in [1.82, 2.24) is 0 Å². The standard InChI is InChI=1S/C10H11BrO2/c11-9-7-8(3-1-2-6-12)4-5-10(9)13/h1,3-5,7,12-13H,2,6H2. The molecular weight excluding hydrogens is 232 g/mol. The highest BCUT2D eigenvalue weighted by molar-refractivity contribution is 9.10. The van der Waals surface area contributed by atoms with Crippen molar-refractivity contribution >= 4 is 22.0 Å². The molecule has 1 aromatic carbocycles. The predicted octanol–water partition coefficient (Wildman–Crippen LogP) is 2.55. The Balaban J connectivity index is 2.73. The molecule has 0 bridgehead atoms. The lowest BCUT2D eigenvalue weighted by Crippen LogP contribution is -1.77. The van der Waals surface area contributed by atoms with E-state index in [2.05, 4.69) is 15.9 Å². The zero-order valence-electron chi connectivity index (χ0n) is 7.07. The van der Waals surface area contributed by atoms with Gasteiger partial charge in [0.1, 0.15) is 5.75 Å². The average Bonchev–Trinajstić information content (AvgIpc) is 2.12. The first kappa shape index (κ1) is 10.3. The molecule has 1 aromatic rings. The highest BCUT2D eigenvalue weighted by Crippen LogP contribution is 2.24. The number of hydrogen-bond donors (Lipinski definition) is 2. The fourth-order valence-electron chi connectivity index (χ4n) is 0.921. The predicted molar refractivity (Wildman–Crippen MR) is 56.5 cm³/mol. The lowest BCUT2D eigenvalue weighted by Gasteiger charge is -1.97. The molecule has 0 radical (unpaired) electrons. The van der Waals surface area contributed by atoms with Gasteiger partial charge in [-0.1, -0.05) is 18.2 Å². The minimum atomic E-state index is 0.162. The molecule has 0 amide bonds. The molecule has 1 rings (SSSR count). The van der Waals surface area contributed by atoms with Crippen molar-refractivity contribution in [2.24, 2.45) is 0 Å². The van der Waals surface area contributed by atoms with Crippen LogP contribution in [0.25, 0.3) is 6.08 Å². The van der Waals surface area contributed by atoms with Crippen LogP contribution in [0.1, 0.15) is 12.0 Å². The number of halogens is 1. The fraction of sp³-hybridized carbons (Fsp3) is 0.200. The number of rotatable bonds is 3. The van der Waals surface area contributed by atoms with Crippen molar-refractivity contribution in [3.63, 3.8) is 0 Å². The van der Waals surface area contributed by atoms with E-state index in [0.717, 1.165) is 5.56 Å². The van der Waals surface area contributed by atoms with Gasteiger partial charge in [-0.3, -0.25) is 0 Å². The number of aliphatic hydroxyl groups excluding tert-OH is 1. The first-order valence-corrected chi connectivity index (χ1v) is 4.79. The van der Waals surface area contributed by atoms with Crippen LogP contribution in [-0.2, 0) is 0 Å². The molecule has 70 valence electrons. The van der Waals surface area contributed by atoms with Gasteiger partial charge in [0.2, 0.25) is 0 Å². The summed E-state index contributed by atoms with van der Waals surface area (Å²) in [4.78, 5) is 0. The Morgan fingerprint density at radius 1 is 1.38 bits per heavy atom. The van der Waals surface area contributed by atoms with Gasteiger partial charge in [0, 0.05) is 6.61 Å². The van der Waals surface area contributed by atoms with Crippen molar-refractivity contribution in [2.45, 2.75) is 6.42 Å². The van der Waals surface area contributed by atoms with E-state index in [0.29, 0.717) is 10.9 Å². The maximum absolute atomic E-state index is 9.20. The van der Waals surface area contributed by atoms with Gasteiger partial charge in [0.25, 0.3) is 0 Å². The van der Waals surface area contributed by atoms with E-state index in [4.69, 9.17) is 5.11 Å². The van der Waals surface area contributed by atoms with Crippen LogP contribution >= 0.6 is 15.9 Å². The Bertz CT molecular complexity index is 308. The molecule has 2 nitrogen and oxygen atoms in total. The molecule has 0 aliphatic rings. The van der Waals surface area contributed by atoms with Crippen LogP contribution in [0.15, 0.2) is 28.7 Å². The van der Waals surface area contributed by atoms with E-state index in [1.54, 1.807) is 6.07 Å². The second-order valence-electron chi connectivity index (χ2n) is 2.63. The van der Waals surface area contributed by atoms with Gasteiger partial charge in [0.05, 0.1) is 4.47 Å². The molecule has 13 heavy (non-hydrogen) atoms. The monoisotopic (exact) mass is 242 g/mol. The van der Waals surface area contributed by atoms with Crippen molar-refractivity contribution in [2.75, 3.05) is 6.61 Å². The molecule has 0 atom stereocenters. The maximum atomic E-state index is 9.20. The molecule has 0 heterocycles. The summed E-state index contributed by atoms with van der Waals surface area (Å²) in [5, 5.41) is 17.7. The van der Waals surface area contributed by atoms with Gasteiger partial charge in [-0.2, -0.15) is 0 Å². The Labute approximate surface area is 85.7 Å². The van der Waals surface area contributed by atoms with E-state index in [1.807, 2.05) is 24.3 Å². The lowest BCUT2D eigenvalue weighted by molar-refractivity contribution is 0.303. The molecule has 0 aliphatic carbocycles. The molecule has 0 fully saturated rings. The van der Waals surface area contributed by atoms with Gasteiger partial charge < -0.3 is 10.2 Å². The topological polar surface area (TPSA) is 40.5 Å². The summed E-state index contributed by atoms with van der Waals surface area (Å²) in [5.74, 6) is 0.235. The second kappa shape index (κ2) is 5.04. The summed E-state index contributed by atoms with van der Waals surface area (Å²) in [5.41, 5.74) is 0.998. The highest BCUT2D eigenvalue weighted by atomic mass is 79.9. The van der Waals surface area contributed by atoms with E-state index in [-0.39, 0.29) is 12.4 Å². The Kier molecular flexibility index (Phi) is 3.99. The molecule has 3 heteroatoms. The smallest absolute Gasteiger partial charge is 0.129 e. The summed E-state index contributed by atoms with van der Waals surface area (Å²) in [7, 11) is 0. The van der Waals surface area contributed by atoms with Gasteiger partial charge in [-0.25, -0.2) is 0 Å². The highest BCUT2D eigenvalue weighted by Gasteiger charge is 1.95. The molecule has 0 saturated heterocycles. The zero-order valence-corrected chi connectivity index (χ0v) is 8.66. The van der Waals surface area contributed by atoms with E-state index in [1.165, 1.54) is 0 Å². The Hall–Kier alpha value is -0.800. The van der Waals surface area contributed by atoms with Crippen LogP contribution in [0.3, 0.4) is 0 Å². The van der Waals surface area contributed by atoms with Crippen LogP contribution in [-0.4, -0.2) is 16.8 Å². The minimum Gasteiger partial charge on any atom is -0.507 e. The van der Waals surface area contributed by atoms with Crippen LogP contribution < -0.4 is 0 Å². The number of phenolic OH excluding ortho intramolecular Hbond substituents is 1. The second-order valence-corrected chi connectivity index (χ2v) is 3.48. The fourth-order valence-corrected chi connectivity index (χ4v) is 1.32. The van der Waals surface area contributed by atoms with Crippen molar-refractivity contribution < 1.29 is 10.2 Å². The molecule has 2 N–H and O–H groups in total. The van der Waals surface area contributed by atoms with Crippen LogP contribution in [0.2, 0.25) is 0 Å². The van der Waals surface area contributed by atoms with Gasteiger partial charge in [0.15, 0.2) is 0 Å². The summed E-state index contributed by atoms with van der Waals surface area (Å²) in [6, 6.07) is 5.26. The first-order chi connectivity index (χ1) is 6.24. The summed E-state index contributed by atoms with van der Waals surface area (Å²) in [6.45, 7) is 0.162. The summed E-state index contributed by atoms with van der Waals surface area (Å²) >= 11 is 3.22. The minimum absolute atomic E-state index is 0.162. The third-order valence-corrected chi connectivity index (χ3v) is 2.21. The number of aromatic hydroxyl groups is 1. The number of aliphatic hydroxyl groups is 1. The molecule has 0 aliphatic heterocycles. The SMILES string of the molecule is OCCC=Cc1ccc(O)c(Br)c1. The largest absolute Gasteiger partial charge is 0.507 e. The average molecular weight is 243 g/mol. The Morgan fingerprint density at radius 3 is 2.77 bits per heavy atom. The Morgan fingerprint density at radius 2 is 2.15 bits per heavy atom.